The molecule has 1 fully saturated rings. The van der Waals surface area contributed by atoms with Crippen molar-refractivity contribution in [2.75, 3.05) is 30.8 Å². The van der Waals surface area contributed by atoms with E-state index in [4.69, 9.17) is 4.74 Å². The van der Waals surface area contributed by atoms with Gasteiger partial charge < -0.3 is 10.1 Å². The number of hydrogen-bond donors (Lipinski definition) is 1. The Morgan fingerprint density at radius 2 is 2.31 bits per heavy atom. The molecule has 0 saturated carbocycles. The summed E-state index contributed by atoms with van der Waals surface area (Å²) in [6, 6.07) is 8.64. The third-order valence-electron chi connectivity index (χ3n) is 3.12. The van der Waals surface area contributed by atoms with Crippen LogP contribution in [0, 0.1) is 11.3 Å². The van der Waals surface area contributed by atoms with Crippen LogP contribution in [-0.2, 0) is 10.2 Å². The van der Waals surface area contributed by atoms with Crippen molar-refractivity contribution in [2.24, 2.45) is 0 Å². The van der Waals surface area contributed by atoms with Crippen molar-refractivity contribution in [1.82, 2.24) is 0 Å². The third-order valence-corrected chi connectivity index (χ3v) is 4.18. The van der Waals surface area contributed by atoms with Crippen molar-refractivity contribution in [1.29, 1.82) is 5.26 Å². The minimum atomic E-state index is -0.396. The van der Waals surface area contributed by atoms with Crippen molar-refractivity contribution >= 4 is 17.4 Å². The molecule has 2 aliphatic rings. The van der Waals surface area contributed by atoms with Gasteiger partial charge in [-0.15, -0.1) is 11.8 Å². The molecule has 0 unspecified atom stereocenters. The van der Waals surface area contributed by atoms with Crippen LogP contribution < -0.4 is 5.32 Å². The van der Waals surface area contributed by atoms with Crippen LogP contribution in [0.2, 0.25) is 0 Å². The number of benzene rings is 1. The molecule has 0 bridgehead atoms. The maximum Gasteiger partial charge on any atom is 0.129 e. The second-order valence-corrected chi connectivity index (χ2v) is 5.31. The zero-order valence-electron chi connectivity index (χ0n) is 8.82. The predicted molar refractivity (Wildman–Crippen MR) is 63.8 cm³/mol. The van der Waals surface area contributed by atoms with E-state index >= 15 is 0 Å². The van der Waals surface area contributed by atoms with E-state index in [-0.39, 0.29) is 0 Å². The summed E-state index contributed by atoms with van der Waals surface area (Å²) in [5.74, 6) is 1.09. The van der Waals surface area contributed by atoms with Crippen LogP contribution in [0.3, 0.4) is 0 Å². The molecule has 0 amide bonds. The molecule has 16 heavy (non-hydrogen) atoms. The Bertz CT molecular complexity index is 463. The maximum atomic E-state index is 9.24. The summed E-state index contributed by atoms with van der Waals surface area (Å²) in [5, 5.41) is 12.6. The Kier molecular flexibility index (Phi) is 2.31. The van der Waals surface area contributed by atoms with Gasteiger partial charge in [0.2, 0.25) is 0 Å². The minimum Gasteiger partial charge on any atom is -0.383 e. The monoisotopic (exact) mass is 232 g/mol. The van der Waals surface area contributed by atoms with Gasteiger partial charge in [0.25, 0.3) is 0 Å². The van der Waals surface area contributed by atoms with E-state index < -0.39 is 5.41 Å². The maximum absolute atomic E-state index is 9.24. The molecular formula is C12H12N2OS. The standard InChI is InChI=1S/C12H12N2OS/c13-6-12(7-15-8-12)9-1-2-10-11(5-9)16-4-3-14-10/h1-2,5,14H,3-4,7-8H2. The minimum absolute atomic E-state index is 0.396. The lowest BCUT2D eigenvalue weighted by molar-refractivity contribution is -0.0298. The average Bonchev–Trinajstić information content (AvgIpc) is 2.28. The number of ether oxygens (including phenoxy) is 1. The molecule has 2 heterocycles. The van der Waals surface area contributed by atoms with Crippen LogP contribution in [-0.4, -0.2) is 25.5 Å². The fourth-order valence-electron chi connectivity index (χ4n) is 2.03. The van der Waals surface area contributed by atoms with E-state index in [9.17, 15) is 5.26 Å². The topological polar surface area (TPSA) is 45.0 Å². The largest absolute Gasteiger partial charge is 0.383 e. The highest BCUT2D eigenvalue weighted by Crippen LogP contribution is 2.38. The first kappa shape index (κ1) is 10.0. The number of anilines is 1. The number of nitrogens with zero attached hydrogens (tertiary/aromatic N) is 1. The van der Waals surface area contributed by atoms with Gasteiger partial charge in [-0.25, -0.2) is 0 Å². The van der Waals surface area contributed by atoms with Gasteiger partial charge in [-0.1, -0.05) is 6.07 Å². The van der Waals surface area contributed by atoms with Gasteiger partial charge in [-0.05, 0) is 17.7 Å². The Hall–Kier alpha value is -1.18. The molecular weight excluding hydrogens is 220 g/mol. The fourth-order valence-corrected chi connectivity index (χ4v) is 2.96. The highest BCUT2D eigenvalue weighted by atomic mass is 32.2. The first-order chi connectivity index (χ1) is 7.84. The summed E-state index contributed by atoms with van der Waals surface area (Å²) in [5.41, 5.74) is 1.89. The highest BCUT2D eigenvalue weighted by molar-refractivity contribution is 7.99. The van der Waals surface area contributed by atoms with E-state index in [1.165, 1.54) is 10.6 Å². The van der Waals surface area contributed by atoms with Crippen LogP contribution in [0.15, 0.2) is 23.1 Å². The van der Waals surface area contributed by atoms with Crippen LogP contribution in [0.5, 0.6) is 0 Å². The van der Waals surface area contributed by atoms with Crippen molar-refractivity contribution in [3.63, 3.8) is 0 Å². The second-order valence-electron chi connectivity index (χ2n) is 4.17. The summed E-state index contributed by atoms with van der Waals surface area (Å²) in [7, 11) is 0. The SMILES string of the molecule is N#CC1(c2ccc3c(c2)SCCN3)COC1. The number of nitrogens with one attached hydrogen (secondary N) is 1. The van der Waals surface area contributed by atoms with E-state index in [1.54, 1.807) is 0 Å². The van der Waals surface area contributed by atoms with E-state index in [0.29, 0.717) is 13.2 Å². The van der Waals surface area contributed by atoms with Crippen LogP contribution in [0.4, 0.5) is 5.69 Å². The van der Waals surface area contributed by atoms with Crippen molar-refractivity contribution in [2.45, 2.75) is 10.3 Å². The Morgan fingerprint density at radius 3 is 3.00 bits per heavy atom. The Labute approximate surface area is 98.8 Å². The molecule has 0 radical (unpaired) electrons. The normalized spacial score (nSPS) is 21.2. The molecule has 4 heteroatoms. The summed E-state index contributed by atoms with van der Waals surface area (Å²) >= 11 is 1.85. The van der Waals surface area contributed by atoms with Crippen molar-refractivity contribution in [3.05, 3.63) is 23.8 Å². The van der Waals surface area contributed by atoms with E-state index in [2.05, 4.69) is 23.5 Å². The molecule has 1 aromatic carbocycles. The Balaban J connectivity index is 2.00. The molecule has 1 aromatic rings. The number of nitriles is 1. The van der Waals surface area contributed by atoms with Crippen molar-refractivity contribution < 1.29 is 4.74 Å². The second kappa shape index (κ2) is 3.69. The summed E-state index contributed by atoms with van der Waals surface area (Å²) < 4.78 is 5.18. The molecule has 0 spiro atoms. The lowest BCUT2D eigenvalue weighted by atomic mass is 9.80. The molecule has 1 saturated heterocycles. The number of hydrogen-bond acceptors (Lipinski definition) is 4. The zero-order valence-corrected chi connectivity index (χ0v) is 9.64. The van der Waals surface area contributed by atoms with E-state index in [1.807, 2.05) is 17.8 Å². The van der Waals surface area contributed by atoms with E-state index in [0.717, 1.165) is 17.9 Å². The van der Waals surface area contributed by atoms with Gasteiger partial charge in [0.15, 0.2) is 0 Å². The fraction of sp³-hybridized carbons (Fsp3) is 0.417. The average molecular weight is 232 g/mol. The molecule has 3 rings (SSSR count). The highest BCUT2D eigenvalue weighted by Gasteiger charge is 2.41. The first-order valence-electron chi connectivity index (χ1n) is 5.34. The first-order valence-corrected chi connectivity index (χ1v) is 6.33. The van der Waals surface area contributed by atoms with Crippen LogP contribution in [0.25, 0.3) is 0 Å². The molecule has 0 aromatic heterocycles. The molecule has 2 aliphatic heterocycles. The number of rotatable bonds is 1. The van der Waals surface area contributed by atoms with Crippen molar-refractivity contribution in [3.8, 4) is 6.07 Å². The van der Waals surface area contributed by atoms with Gasteiger partial charge in [0, 0.05) is 22.9 Å². The van der Waals surface area contributed by atoms with Gasteiger partial charge in [0.1, 0.15) is 5.41 Å². The molecule has 1 N–H and O–H groups in total. The summed E-state index contributed by atoms with van der Waals surface area (Å²) in [6.45, 7) is 2.07. The van der Waals surface area contributed by atoms with Gasteiger partial charge in [-0.2, -0.15) is 5.26 Å². The van der Waals surface area contributed by atoms with Crippen LogP contribution >= 0.6 is 11.8 Å². The third kappa shape index (κ3) is 1.40. The molecule has 0 aliphatic carbocycles. The lowest BCUT2D eigenvalue weighted by Gasteiger charge is -2.36. The molecule has 0 atom stereocenters. The van der Waals surface area contributed by atoms with Gasteiger partial charge in [0.05, 0.1) is 19.3 Å². The zero-order chi connectivity index (χ0) is 11.0. The summed E-state index contributed by atoms with van der Waals surface area (Å²) in [4.78, 5) is 1.25. The lowest BCUT2D eigenvalue weighted by Crippen LogP contribution is -2.45. The number of thioether (sulfide) groups is 1. The quantitative estimate of drug-likeness (QED) is 0.804. The van der Waals surface area contributed by atoms with Gasteiger partial charge >= 0.3 is 0 Å². The molecule has 82 valence electrons. The summed E-state index contributed by atoms with van der Waals surface area (Å²) in [6.07, 6.45) is 0. The van der Waals surface area contributed by atoms with Gasteiger partial charge in [-0.3, -0.25) is 0 Å². The Morgan fingerprint density at radius 1 is 1.44 bits per heavy atom. The van der Waals surface area contributed by atoms with Crippen LogP contribution in [0.1, 0.15) is 5.56 Å². The molecule has 3 nitrogen and oxygen atoms in total. The number of fused-ring (bicyclic) bond motifs is 1. The predicted octanol–water partition coefficient (Wildman–Crippen LogP) is 2.00. The smallest absolute Gasteiger partial charge is 0.129 e.